The standard InChI is InChI=1S/C15H21ClF2N2/c1-10(2)9-13(20-7-5-19-6-8-20)14-11(17)3-4-12(18)15(14)16/h3-4,10,13,19H,5-9H2,1-2H3/t13-/m0/s1. The molecule has 0 saturated carbocycles. The number of hydrogen-bond acceptors (Lipinski definition) is 2. The van der Waals surface area contributed by atoms with Gasteiger partial charge in [-0.05, 0) is 24.5 Å². The van der Waals surface area contributed by atoms with Gasteiger partial charge in [0.25, 0.3) is 0 Å². The van der Waals surface area contributed by atoms with E-state index in [1.54, 1.807) is 0 Å². The third-order valence-corrected chi connectivity index (χ3v) is 4.08. The number of benzene rings is 1. The van der Waals surface area contributed by atoms with Crippen molar-refractivity contribution >= 4 is 11.6 Å². The zero-order valence-electron chi connectivity index (χ0n) is 11.9. The lowest BCUT2D eigenvalue weighted by atomic mass is 9.94. The maximum absolute atomic E-state index is 14.2. The molecule has 20 heavy (non-hydrogen) atoms. The minimum absolute atomic E-state index is 0.0748. The summed E-state index contributed by atoms with van der Waals surface area (Å²) in [5.74, 6) is -0.582. The van der Waals surface area contributed by atoms with Crippen LogP contribution in [0.5, 0.6) is 0 Å². The van der Waals surface area contributed by atoms with Gasteiger partial charge in [0.2, 0.25) is 0 Å². The van der Waals surface area contributed by atoms with E-state index < -0.39 is 11.6 Å². The van der Waals surface area contributed by atoms with Crippen molar-refractivity contribution in [1.82, 2.24) is 10.2 Å². The lowest BCUT2D eigenvalue weighted by Gasteiger charge is -2.36. The van der Waals surface area contributed by atoms with Crippen LogP contribution in [0.25, 0.3) is 0 Å². The van der Waals surface area contributed by atoms with Crippen molar-refractivity contribution in [2.75, 3.05) is 26.2 Å². The number of hydrogen-bond donors (Lipinski definition) is 1. The normalized spacial score (nSPS) is 18.5. The molecular weight excluding hydrogens is 282 g/mol. The molecule has 0 bridgehead atoms. The van der Waals surface area contributed by atoms with Crippen LogP contribution in [0.4, 0.5) is 8.78 Å². The van der Waals surface area contributed by atoms with E-state index in [1.165, 1.54) is 6.07 Å². The molecular formula is C15H21ClF2N2. The lowest BCUT2D eigenvalue weighted by Crippen LogP contribution is -2.45. The van der Waals surface area contributed by atoms with E-state index in [1.807, 2.05) is 0 Å². The molecule has 1 aromatic rings. The highest BCUT2D eigenvalue weighted by atomic mass is 35.5. The van der Waals surface area contributed by atoms with Gasteiger partial charge in [-0.1, -0.05) is 25.4 Å². The van der Waals surface area contributed by atoms with Gasteiger partial charge >= 0.3 is 0 Å². The third-order valence-electron chi connectivity index (χ3n) is 3.70. The first-order chi connectivity index (χ1) is 9.50. The highest BCUT2D eigenvalue weighted by molar-refractivity contribution is 6.31. The predicted octanol–water partition coefficient (Wildman–Crippen LogP) is 3.61. The molecule has 0 radical (unpaired) electrons. The predicted molar refractivity (Wildman–Crippen MR) is 78.0 cm³/mol. The van der Waals surface area contributed by atoms with Gasteiger partial charge in [0.05, 0.1) is 5.02 Å². The number of piperazine rings is 1. The molecule has 0 spiro atoms. The van der Waals surface area contributed by atoms with E-state index >= 15 is 0 Å². The quantitative estimate of drug-likeness (QED) is 0.855. The molecule has 1 saturated heterocycles. The molecule has 1 heterocycles. The van der Waals surface area contributed by atoms with Crippen molar-refractivity contribution < 1.29 is 8.78 Å². The molecule has 0 amide bonds. The van der Waals surface area contributed by atoms with Gasteiger partial charge in [-0.25, -0.2) is 8.78 Å². The Labute approximate surface area is 124 Å². The second-order valence-corrected chi connectivity index (χ2v) is 6.07. The zero-order chi connectivity index (χ0) is 14.7. The minimum Gasteiger partial charge on any atom is -0.314 e. The van der Waals surface area contributed by atoms with E-state index in [0.717, 1.165) is 38.7 Å². The summed E-state index contributed by atoms with van der Waals surface area (Å²) in [5.41, 5.74) is 0.308. The minimum atomic E-state index is -0.549. The van der Waals surface area contributed by atoms with Gasteiger partial charge in [0.1, 0.15) is 11.6 Å². The third kappa shape index (κ3) is 3.48. The summed E-state index contributed by atoms with van der Waals surface area (Å²) in [6.07, 6.45) is 0.764. The fourth-order valence-electron chi connectivity index (χ4n) is 2.74. The summed E-state index contributed by atoms with van der Waals surface area (Å²) in [6, 6.07) is 2.09. The molecule has 2 nitrogen and oxygen atoms in total. The molecule has 112 valence electrons. The Balaban J connectivity index is 2.37. The van der Waals surface area contributed by atoms with E-state index in [4.69, 9.17) is 11.6 Å². The van der Waals surface area contributed by atoms with Gasteiger partial charge in [0.15, 0.2) is 0 Å². The summed E-state index contributed by atoms with van der Waals surface area (Å²) < 4.78 is 27.9. The molecule has 1 fully saturated rings. The topological polar surface area (TPSA) is 15.3 Å². The molecule has 1 aliphatic heterocycles. The molecule has 0 unspecified atom stereocenters. The van der Waals surface area contributed by atoms with Gasteiger partial charge in [-0.2, -0.15) is 0 Å². The maximum Gasteiger partial charge on any atom is 0.142 e. The van der Waals surface area contributed by atoms with E-state index in [2.05, 4.69) is 24.1 Å². The molecule has 0 aliphatic carbocycles. The first-order valence-electron chi connectivity index (χ1n) is 7.09. The Bertz CT molecular complexity index is 459. The number of halogens is 3. The van der Waals surface area contributed by atoms with Crippen LogP contribution in [0.3, 0.4) is 0 Å². The van der Waals surface area contributed by atoms with Crippen LogP contribution in [0.15, 0.2) is 12.1 Å². The van der Waals surface area contributed by atoms with Crippen molar-refractivity contribution in [3.63, 3.8) is 0 Å². The average Bonchev–Trinajstić information content (AvgIpc) is 2.43. The van der Waals surface area contributed by atoms with Crippen LogP contribution in [0.1, 0.15) is 31.9 Å². The molecule has 1 N–H and O–H groups in total. The second kappa shape index (κ2) is 6.83. The van der Waals surface area contributed by atoms with Crippen LogP contribution >= 0.6 is 11.6 Å². The van der Waals surface area contributed by atoms with Crippen molar-refractivity contribution in [3.05, 3.63) is 34.4 Å². The molecule has 1 aromatic carbocycles. The summed E-state index contributed by atoms with van der Waals surface area (Å²) in [6.45, 7) is 7.54. The van der Waals surface area contributed by atoms with Crippen molar-refractivity contribution in [3.8, 4) is 0 Å². The van der Waals surface area contributed by atoms with Gasteiger partial charge < -0.3 is 5.32 Å². The molecule has 1 aliphatic rings. The smallest absolute Gasteiger partial charge is 0.142 e. The van der Waals surface area contributed by atoms with Gasteiger partial charge in [-0.15, -0.1) is 0 Å². The SMILES string of the molecule is CC(C)C[C@@H](c1c(F)ccc(F)c1Cl)N1CCNCC1. The van der Waals surface area contributed by atoms with Crippen LogP contribution < -0.4 is 5.32 Å². The van der Waals surface area contributed by atoms with Crippen LogP contribution in [-0.4, -0.2) is 31.1 Å². The highest BCUT2D eigenvalue weighted by Crippen LogP contribution is 2.36. The molecule has 2 rings (SSSR count). The highest BCUT2D eigenvalue weighted by Gasteiger charge is 2.28. The summed E-state index contributed by atoms with van der Waals surface area (Å²) >= 11 is 6.04. The van der Waals surface area contributed by atoms with Crippen LogP contribution in [0, 0.1) is 17.6 Å². The summed E-state index contributed by atoms with van der Waals surface area (Å²) in [4.78, 5) is 2.19. The Hall–Kier alpha value is -0.710. The average molecular weight is 303 g/mol. The lowest BCUT2D eigenvalue weighted by molar-refractivity contribution is 0.151. The van der Waals surface area contributed by atoms with E-state index in [0.29, 0.717) is 11.5 Å². The van der Waals surface area contributed by atoms with Gasteiger partial charge in [0, 0.05) is 37.8 Å². The maximum atomic E-state index is 14.2. The monoisotopic (exact) mass is 302 g/mol. The first kappa shape index (κ1) is 15.7. The van der Waals surface area contributed by atoms with E-state index in [-0.39, 0.29) is 11.1 Å². The van der Waals surface area contributed by atoms with E-state index in [9.17, 15) is 8.78 Å². The first-order valence-corrected chi connectivity index (χ1v) is 7.46. The Morgan fingerprint density at radius 1 is 1.20 bits per heavy atom. The van der Waals surface area contributed by atoms with Crippen LogP contribution in [-0.2, 0) is 0 Å². The largest absolute Gasteiger partial charge is 0.314 e. The fourth-order valence-corrected chi connectivity index (χ4v) is 3.02. The molecule has 0 aromatic heterocycles. The number of nitrogens with zero attached hydrogens (tertiary/aromatic N) is 1. The summed E-state index contributed by atoms with van der Waals surface area (Å²) in [7, 11) is 0. The Morgan fingerprint density at radius 2 is 1.80 bits per heavy atom. The molecule has 1 atom stereocenters. The van der Waals surface area contributed by atoms with Crippen molar-refractivity contribution in [2.24, 2.45) is 5.92 Å². The van der Waals surface area contributed by atoms with Crippen molar-refractivity contribution in [1.29, 1.82) is 0 Å². The second-order valence-electron chi connectivity index (χ2n) is 5.69. The van der Waals surface area contributed by atoms with Crippen molar-refractivity contribution in [2.45, 2.75) is 26.3 Å². The number of rotatable bonds is 4. The molecule has 5 heteroatoms. The Kier molecular flexibility index (Phi) is 5.35. The fraction of sp³-hybridized carbons (Fsp3) is 0.600. The van der Waals surface area contributed by atoms with Gasteiger partial charge in [-0.3, -0.25) is 4.90 Å². The van der Waals surface area contributed by atoms with Crippen LogP contribution in [0.2, 0.25) is 5.02 Å². The summed E-state index contributed by atoms with van der Waals surface area (Å²) in [5, 5.41) is 3.20. The zero-order valence-corrected chi connectivity index (χ0v) is 12.7. The Morgan fingerprint density at radius 3 is 2.40 bits per heavy atom. The number of nitrogens with one attached hydrogen (secondary N) is 1.